The van der Waals surface area contributed by atoms with Crippen molar-refractivity contribution in [2.45, 2.75) is 84.0 Å². The molecule has 1 radical (unpaired) electrons. The first kappa shape index (κ1) is 28.6. The van der Waals surface area contributed by atoms with Crippen molar-refractivity contribution in [1.82, 2.24) is 0 Å². The van der Waals surface area contributed by atoms with Crippen LogP contribution >= 0.6 is 19.7 Å². The zero-order valence-electron chi connectivity index (χ0n) is 21.2. The second kappa shape index (κ2) is 16.9. The maximum absolute atomic E-state index is 2.37. The Hall–Kier alpha value is -1.62. The molecule has 0 aliphatic heterocycles. The summed E-state index contributed by atoms with van der Waals surface area (Å²) >= 11 is 0. The Kier molecular flexibility index (Phi) is 14.2. The molecule has 0 heterocycles. The van der Waals surface area contributed by atoms with E-state index in [0.717, 1.165) is 0 Å². The van der Waals surface area contributed by atoms with Crippen molar-refractivity contribution >= 4 is 35.6 Å². The van der Waals surface area contributed by atoms with Crippen LogP contribution in [0.15, 0.2) is 91.0 Å². The molecule has 0 saturated carbocycles. The summed E-state index contributed by atoms with van der Waals surface area (Å²) in [6.45, 7) is 2.30. The number of hydrogen-bond acceptors (Lipinski definition) is 0. The zero-order valence-corrected chi connectivity index (χ0v) is 22.9. The van der Waals surface area contributed by atoms with Gasteiger partial charge in [-0.2, -0.15) is 0 Å². The molecule has 0 aliphatic rings. The Balaban J connectivity index is 0.00000408. The predicted molar refractivity (Wildman–Crippen MR) is 158 cm³/mol. The van der Waals surface area contributed by atoms with E-state index in [4.69, 9.17) is 0 Å². The lowest BCUT2D eigenvalue weighted by atomic mass is 10.1. The summed E-state index contributed by atoms with van der Waals surface area (Å²) in [5.41, 5.74) is 0. The molecule has 0 spiro atoms. The number of benzene rings is 3. The maximum Gasteiger partial charge on any atom is -0.0196 e. The second-order valence-corrected chi connectivity index (χ2v) is 13.0. The summed E-state index contributed by atoms with van der Waals surface area (Å²) in [6, 6.07) is 34.0. The second-order valence-electron chi connectivity index (χ2n) is 9.43. The highest BCUT2D eigenvalue weighted by atomic mass is 35.5. The van der Waals surface area contributed by atoms with Gasteiger partial charge in [0.05, 0.1) is 0 Å². The summed E-state index contributed by atoms with van der Waals surface area (Å²) in [6.07, 6.45) is 18.1. The van der Waals surface area contributed by atoms with E-state index in [0.29, 0.717) is 0 Å². The summed E-state index contributed by atoms with van der Waals surface area (Å²) in [7, 11) is -1.63. The van der Waals surface area contributed by atoms with Gasteiger partial charge >= 0.3 is 0 Å². The minimum Gasteiger partial charge on any atom is -0.147 e. The van der Waals surface area contributed by atoms with Gasteiger partial charge in [-0.1, -0.05) is 169 Å². The maximum atomic E-state index is 2.37. The molecule has 3 aromatic carbocycles. The van der Waals surface area contributed by atoms with Crippen LogP contribution in [0.2, 0.25) is 0 Å². The quantitative estimate of drug-likeness (QED) is 0.137. The van der Waals surface area contributed by atoms with Crippen LogP contribution in [-0.2, 0) is 0 Å². The first-order chi connectivity index (χ1) is 16.4. The van der Waals surface area contributed by atoms with Gasteiger partial charge in [0, 0.05) is 0 Å². The van der Waals surface area contributed by atoms with Gasteiger partial charge in [0.25, 0.3) is 0 Å². The Morgan fingerprint density at radius 2 is 0.706 bits per heavy atom. The van der Waals surface area contributed by atoms with Crippen LogP contribution in [0.1, 0.15) is 84.0 Å². The van der Waals surface area contributed by atoms with E-state index in [9.17, 15) is 0 Å². The molecule has 0 aromatic heterocycles. The Bertz CT molecular complexity index is 767. The van der Waals surface area contributed by atoms with Gasteiger partial charge < -0.3 is 0 Å². The van der Waals surface area contributed by atoms with Crippen molar-refractivity contribution in [1.29, 1.82) is 0 Å². The van der Waals surface area contributed by atoms with Crippen molar-refractivity contribution < 1.29 is 0 Å². The Morgan fingerprint density at radius 1 is 0.412 bits per heavy atom. The molecule has 3 aromatic rings. The molecule has 0 atom stereocenters. The molecule has 3 rings (SSSR count). The van der Waals surface area contributed by atoms with E-state index in [1.807, 2.05) is 0 Å². The molecule has 0 N–H and O–H groups in total. The minimum atomic E-state index is -1.63. The smallest absolute Gasteiger partial charge is 0.0196 e. The molecule has 0 saturated heterocycles. The average molecular weight is 496 g/mol. The van der Waals surface area contributed by atoms with E-state index < -0.39 is 7.26 Å². The summed E-state index contributed by atoms with van der Waals surface area (Å²) in [5, 5.41) is 4.56. The molecular weight excluding hydrogens is 451 g/mol. The standard InChI is InChI=1S/C32H44P.ClH/c1-2-3-4-5-6-7-8-9-10-11-12-22-29-33(30-23-16-13-17-24-30,31-25-18-14-19-26-31)32-27-20-15-21-28-32;/h13-21,23-28H,2-12,22,29H2,1H3;1H. The lowest BCUT2D eigenvalue weighted by molar-refractivity contribution is 0.548. The molecule has 0 nitrogen and oxygen atoms in total. The van der Waals surface area contributed by atoms with Gasteiger partial charge in [0.1, 0.15) is 0 Å². The number of hydrogen-bond donors (Lipinski definition) is 0. The first-order valence-corrected chi connectivity index (χ1v) is 15.4. The largest absolute Gasteiger partial charge is 0.147 e. The van der Waals surface area contributed by atoms with Crippen LogP contribution in [0, 0.1) is 0 Å². The van der Waals surface area contributed by atoms with Gasteiger partial charge in [-0.25, -0.2) is 0 Å². The lowest BCUT2D eigenvalue weighted by Gasteiger charge is -2.38. The Labute approximate surface area is 216 Å². The topological polar surface area (TPSA) is 0 Å². The molecule has 0 amide bonds. The molecule has 0 unspecified atom stereocenters. The van der Waals surface area contributed by atoms with Gasteiger partial charge in [0.2, 0.25) is 0 Å². The molecular formula is C32H45ClP. The average Bonchev–Trinajstić information content (AvgIpc) is 2.89. The van der Waals surface area contributed by atoms with E-state index >= 15 is 0 Å². The van der Waals surface area contributed by atoms with Crippen LogP contribution in [0.4, 0.5) is 0 Å². The highest BCUT2D eigenvalue weighted by molar-refractivity contribution is 7.95. The monoisotopic (exact) mass is 495 g/mol. The molecule has 34 heavy (non-hydrogen) atoms. The molecule has 0 fully saturated rings. The van der Waals surface area contributed by atoms with Crippen molar-refractivity contribution in [2.75, 3.05) is 6.16 Å². The Morgan fingerprint density at radius 3 is 1.03 bits per heavy atom. The van der Waals surface area contributed by atoms with Crippen LogP contribution in [0.3, 0.4) is 0 Å². The van der Waals surface area contributed by atoms with E-state index in [1.54, 1.807) is 0 Å². The molecule has 0 aliphatic carbocycles. The van der Waals surface area contributed by atoms with Crippen LogP contribution in [0.25, 0.3) is 0 Å². The third-order valence-electron chi connectivity index (χ3n) is 6.94. The van der Waals surface area contributed by atoms with E-state index in [1.165, 1.54) is 99.1 Å². The number of halogens is 1. The van der Waals surface area contributed by atoms with Gasteiger partial charge in [0.15, 0.2) is 0 Å². The van der Waals surface area contributed by atoms with E-state index in [2.05, 4.69) is 97.9 Å². The zero-order chi connectivity index (χ0) is 23.0. The van der Waals surface area contributed by atoms with Crippen LogP contribution < -0.4 is 15.9 Å². The van der Waals surface area contributed by atoms with Crippen LogP contribution in [-0.4, -0.2) is 6.16 Å². The van der Waals surface area contributed by atoms with Crippen molar-refractivity contribution in [3.8, 4) is 0 Å². The van der Waals surface area contributed by atoms with E-state index in [-0.39, 0.29) is 12.4 Å². The third-order valence-corrected chi connectivity index (χ3v) is 11.5. The molecule has 2 heteroatoms. The fraction of sp³-hybridized carbons (Fsp3) is 0.438. The summed E-state index contributed by atoms with van der Waals surface area (Å²) in [5.74, 6) is 0. The minimum absolute atomic E-state index is 0. The number of rotatable bonds is 16. The predicted octanol–water partition coefficient (Wildman–Crippen LogP) is 9.10. The van der Waals surface area contributed by atoms with Crippen molar-refractivity contribution in [3.05, 3.63) is 91.0 Å². The molecule has 0 bridgehead atoms. The first-order valence-electron chi connectivity index (χ1n) is 13.4. The van der Waals surface area contributed by atoms with Crippen molar-refractivity contribution in [2.24, 2.45) is 0 Å². The van der Waals surface area contributed by atoms with Crippen molar-refractivity contribution in [3.63, 3.8) is 0 Å². The van der Waals surface area contributed by atoms with Gasteiger partial charge in [-0.15, -0.1) is 12.4 Å². The lowest BCUT2D eigenvalue weighted by Crippen LogP contribution is -2.33. The van der Waals surface area contributed by atoms with Gasteiger partial charge in [-0.3, -0.25) is 0 Å². The summed E-state index contributed by atoms with van der Waals surface area (Å²) < 4.78 is 0. The van der Waals surface area contributed by atoms with Gasteiger partial charge in [-0.05, 0) is 35.8 Å². The highest BCUT2D eigenvalue weighted by Crippen LogP contribution is 2.55. The fourth-order valence-electron chi connectivity index (χ4n) is 5.07. The highest BCUT2D eigenvalue weighted by Gasteiger charge is 2.33. The normalized spacial score (nSPS) is 11.2. The van der Waals surface area contributed by atoms with Crippen LogP contribution in [0.5, 0.6) is 0 Å². The summed E-state index contributed by atoms with van der Waals surface area (Å²) in [4.78, 5) is 0. The fourth-order valence-corrected chi connectivity index (χ4v) is 9.48. The third kappa shape index (κ3) is 8.55. The molecule has 185 valence electrons. The number of unbranched alkanes of at least 4 members (excludes halogenated alkanes) is 11. The SMILES string of the molecule is CCCCCCCCCCCCCC[P](c1ccccc1)(c1ccccc1)c1ccccc1.Cl.